The lowest BCUT2D eigenvalue weighted by molar-refractivity contribution is 0.504. The first-order valence-corrected chi connectivity index (χ1v) is 9.54. The normalized spacial score (nSPS) is 11.7. The maximum absolute atomic E-state index is 3.74. The van der Waals surface area contributed by atoms with E-state index in [2.05, 4.69) is 80.6 Å². The van der Waals surface area contributed by atoms with E-state index in [4.69, 9.17) is 0 Å². The van der Waals surface area contributed by atoms with Gasteiger partial charge in [0.15, 0.2) is 0 Å². The Labute approximate surface area is 136 Å². The highest BCUT2D eigenvalue weighted by Gasteiger charge is 2.31. The summed E-state index contributed by atoms with van der Waals surface area (Å²) in [5.74, 6) is 0. The van der Waals surface area contributed by atoms with E-state index in [0.29, 0.717) is 0 Å². The molecule has 1 aromatic heterocycles. The van der Waals surface area contributed by atoms with Gasteiger partial charge in [0, 0.05) is 21.0 Å². The Hall–Kier alpha value is -0.120. The van der Waals surface area contributed by atoms with Crippen LogP contribution in [0.4, 0.5) is 0 Å². The average molecular weight is 402 g/mol. The minimum Gasteiger partial charge on any atom is -0.149 e. The summed E-state index contributed by atoms with van der Waals surface area (Å²) in [6.45, 7) is 2.21. The Kier molecular flexibility index (Phi) is 5.67. The molecule has 3 heteroatoms. The quantitative estimate of drug-likeness (QED) is 0.543. The van der Waals surface area contributed by atoms with Gasteiger partial charge < -0.3 is 0 Å². The second-order valence-corrected chi connectivity index (χ2v) is 7.10. The number of alkyl halides is 2. The Balaban J connectivity index is 2.24. The number of hydrogen-bond acceptors (Lipinski definition) is 1. The predicted molar refractivity (Wildman–Crippen MR) is 93.1 cm³/mol. The van der Waals surface area contributed by atoms with Gasteiger partial charge in [-0.3, -0.25) is 0 Å². The van der Waals surface area contributed by atoms with Gasteiger partial charge in [-0.15, -0.1) is 11.3 Å². The van der Waals surface area contributed by atoms with Crippen molar-refractivity contribution < 1.29 is 0 Å². The van der Waals surface area contributed by atoms with E-state index in [1.54, 1.807) is 0 Å². The molecule has 0 aliphatic rings. The van der Waals surface area contributed by atoms with Crippen LogP contribution < -0.4 is 0 Å². The predicted octanol–water partition coefficient (Wildman–Crippen LogP) is 5.72. The Morgan fingerprint density at radius 2 is 1.79 bits per heavy atom. The molecule has 0 radical (unpaired) electrons. The van der Waals surface area contributed by atoms with E-state index < -0.39 is 0 Å². The minimum absolute atomic E-state index is 0.176. The zero-order chi connectivity index (χ0) is 13.7. The van der Waals surface area contributed by atoms with Crippen LogP contribution in [0, 0.1) is 6.92 Å². The zero-order valence-corrected chi connectivity index (χ0v) is 15.0. The van der Waals surface area contributed by atoms with Crippen molar-refractivity contribution in [2.75, 3.05) is 10.7 Å². The first-order chi connectivity index (χ1) is 9.22. The third-order valence-electron chi connectivity index (χ3n) is 3.66. The van der Waals surface area contributed by atoms with E-state index in [0.717, 1.165) is 23.5 Å². The van der Waals surface area contributed by atoms with Crippen molar-refractivity contribution in [3.8, 4) is 0 Å². The number of aryl methyl sites for hydroxylation is 2. The molecule has 0 spiro atoms. The summed E-state index contributed by atoms with van der Waals surface area (Å²) in [6.07, 6.45) is 2.30. The molecule has 0 saturated heterocycles. The lowest BCUT2D eigenvalue weighted by Gasteiger charge is -2.32. The van der Waals surface area contributed by atoms with Gasteiger partial charge in [-0.2, -0.15) is 0 Å². The summed E-state index contributed by atoms with van der Waals surface area (Å²) < 4.78 is 0. The first-order valence-electron chi connectivity index (χ1n) is 6.42. The van der Waals surface area contributed by atoms with Crippen molar-refractivity contribution in [1.29, 1.82) is 0 Å². The van der Waals surface area contributed by atoms with Crippen molar-refractivity contribution in [3.05, 3.63) is 57.8 Å². The lowest BCUT2D eigenvalue weighted by Crippen LogP contribution is -2.31. The molecule has 1 aromatic carbocycles. The molecule has 2 rings (SSSR count). The van der Waals surface area contributed by atoms with Crippen LogP contribution in [0.15, 0.2) is 41.8 Å². The van der Waals surface area contributed by atoms with Crippen molar-refractivity contribution in [1.82, 2.24) is 0 Å². The molecule has 0 bridgehead atoms. The molecule has 0 aliphatic carbocycles. The summed E-state index contributed by atoms with van der Waals surface area (Å²) in [5, 5.41) is 4.13. The summed E-state index contributed by atoms with van der Waals surface area (Å²) in [7, 11) is 0. The maximum atomic E-state index is 3.74. The largest absolute Gasteiger partial charge is 0.149 e. The fourth-order valence-corrected chi connectivity index (χ4v) is 5.24. The van der Waals surface area contributed by atoms with Gasteiger partial charge in [0.25, 0.3) is 0 Å². The highest BCUT2D eigenvalue weighted by Crippen LogP contribution is 2.36. The highest BCUT2D eigenvalue weighted by molar-refractivity contribution is 9.09. The Morgan fingerprint density at radius 3 is 2.37 bits per heavy atom. The molecule has 0 unspecified atom stereocenters. The molecule has 2 aromatic rings. The van der Waals surface area contributed by atoms with Crippen LogP contribution in [0.25, 0.3) is 0 Å². The van der Waals surface area contributed by atoms with Crippen LogP contribution in [-0.4, -0.2) is 10.7 Å². The van der Waals surface area contributed by atoms with E-state index in [1.165, 1.54) is 16.0 Å². The van der Waals surface area contributed by atoms with Crippen LogP contribution in [0.5, 0.6) is 0 Å². The summed E-state index contributed by atoms with van der Waals surface area (Å²) in [4.78, 5) is 1.47. The van der Waals surface area contributed by atoms with Gasteiger partial charge >= 0.3 is 0 Å². The second-order valence-electron chi connectivity index (χ2n) is 4.94. The topological polar surface area (TPSA) is 0 Å². The molecule has 0 saturated carbocycles. The van der Waals surface area contributed by atoms with Crippen LogP contribution >= 0.6 is 43.2 Å². The molecule has 0 atom stereocenters. The number of halogens is 2. The lowest BCUT2D eigenvalue weighted by atomic mass is 9.78. The molecular formula is C16H18Br2S. The van der Waals surface area contributed by atoms with E-state index >= 15 is 0 Å². The van der Waals surface area contributed by atoms with Gasteiger partial charge in [0.2, 0.25) is 0 Å². The molecule has 0 N–H and O–H groups in total. The fraction of sp³-hybridized carbons (Fsp3) is 0.375. The summed E-state index contributed by atoms with van der Waals surface area (Å²) in [5.41, 5.74) is 3.02. The minimum atomic E-state index is 0.176. The van der Waals surface area contributed by atoms with E-state index in [9.17, 15) is 0 Å². The number of hydrogen-bond donors (Lipinski definition) is 0. The highest BCUT2D eigenvalue weighted by atomic mass is 79.9. The molecule has 1 heterocycles. The molecule has 19 heavy (non-hydrogen) atoms. The molecular weight excluding hydrogens is 384 g/mol. The summed E-state index contributed by atoms with van der Waals surface area (Å²) >= 11 is 9.34. The monoisotopic (exact) mass is 400 g/mol. The SMILES string of the molecule is Cc1ccccc1C(CBr)(CBr)CCc1cccs1. The second kappa shape index (κ2) is 7.05. The number of thiophene rings is 1. The van der Waals surface area contributed by atoms with Gasteiger partial charge in [0.05, 0.1) is 0 Å². The van der Waals surface area contributed by atoms with Crippen LogP contribution in [0.1, 0.15) is 22.4 Å². The molecule has 102 valence electrons. The Morgan fingerprint density at radius 1 is 1.05 bits per heavy atom. The summed E-state index contributed by atoms with van der Waals surface area (Å²) in [6, 6.07) is 13.1. The van der Waals surface area contributed by atoms with E-state index in [1.807, 2.05) is 11.3 Å². The zero-order valence-electron chi connectivity index (χ0n) is 11.0. The van der Waals surface area contributed by atoms with E-state index in [-0.39, 0.29) is 5.41 Å². The number of rotatable bonds is 6. The smallest absolute Gasteiger partial charge is 0.0153 e. The molecule has 0 amide bonds. The van der Waals surface area contributed by atoms with Crippen LogP contribution in [-0.2, 0) is 11.8 Å². The van der Waals surface area contributed by atoms with Crippen molar-refractivity contribution >= 4 is 43.2 Å². The van der Waals surface area contributed by atoms with Gasteiger partial charge in [-0.25, -0.2) is 0 Å². The van der Waals surface area contributed by atoms with Gasteiger partial charge in [0.1, 0.15) is 0 Å². The van der Waals surface area contributed by atoms with Gasteiger partial charge in [-0.1, -0.05) is 62.2 Å². The van der Waals surface area contributed by atoms with Crippen molar-refractivity contribution in [2.24, 2.45) is 0 Å². The standard InChI is InChI=1S/C16H18Br2S/c1-13-5-2-3-7-15(13)16(11-17,12-18)9-8-14-6-4-10-19-14/h2-7,10H,8-9,11-12H2,1H3. The van der Waals surface area contributed by atoms with Crippen molar-refractivity contribution in [3.63, 3.8) is 0 Å². The third-order valence-corrected chi connectivity index (χ3v) is 6.74. The fourth-order valence-electron chi connectivity index (χ4n) is 2.43. The van der Waals surface area contributed by atoms with Crippen LogP contribution in [0.2, 0.25) is 0 Å². The Bertz CT molecular complexity index is 501. The third kappa shape index (κ3) is 3.50. The first kappa shape index (κ1) is 15.3. The number of benzene rings is 1. The molecule has 0 nitrogen and oxygen atoms in total. The average Bonchev–Trinajstić information content (AvgIpc) is 2.95. The van der Waals surface area contributed by atoms with Crippen LogP contribution in [0.3, 0.4) is 0 Å². The molecule has 0 aliphatic heterocycles. The van der Waals surface area contributed by atoms with Gasteiger partial charge in [-0.05, 0) is 42.3 Å². The van der Waals surface area contributed by atoms with Crippen molar-refractivity contribution in [2.45, 2.75) is 25.2 Å². The molecule has 0 fully saturated rings. The maximum Gasteiger partial charge on any atom is 0.0153 e.